The molecule has 0 spiro atoms. The van der Waals surface area contributed by atoms with Crippen molar-refractivity contribution in [3.8, 4) is 11.1 Å². The molecule has 2 aromatic heterocycles. The number of carboxylic acid groups (broad SMARTS) is 1. The van der Waals surface area contributed by atoms with Crippen LogP contribution in [-0.2, 0) is 20.7 Å². The molecule has 1 atom stereocenters. The predicted octanol–water partition coefficient (Wildman–Crippen LogP) is 5.35. The molecule has 4 aromatic rings. The first-order chi connectivity index (χ1) is 18.6. The summed E-state index contributed by atoms with van der Waals surface area (Å²) in [5.41, 5.74) is 4.99. The van der Waals surface area contributed by atoms with Crippen LogP contribution in [0.1, 0.15) is 43.4 Å². The van der Waals surface area contributed by atoms with Crippen molar-refractivity contribution in [3.63, 3.8) is 0 Å². The standard InChI is InChI=1S/C30H29N3O6/c1-30(2,3)39-29(37)33-16-18(26-25(33)13-8-14-31-26)15-24(27(34)35)32-28(36)38-17-23-21-11-6-4-9-19(21)20-10-5-7-12-22(20)23/h4-14,16,23-24H,15,17H2,1-3H3,(H,32,36)(H,34,35)/t24-/m0/s1. The second kappa shape index (κ2) is 10.2. The summed E-state index contributed by atoms with van der Waals surface area (Å²) in [5.74, 6) is -1.39. The van der Waals surface area contributed by atoms with Crippen LogP contribution in [0, 0.1) is 0 Å². The first-order valence-electron chi connectivity index (χ1n) is 12.6. The molecule has 0 unspecified atom stereocenters. The van der Waals surface area contributed by atoms with Crippen LogP contribution in [0.25, 0.3) is 22.2 Å². The molecule has 0 radical (unpaired) electrons. The van der Waals surface area contributed by atoms with Crippen molar-refractivity contribution in [3.05, 3.63) is 89.7 Å². The van der Waals surface area contributed by atoms with Crippen LogP contribution in [0.2, 0.25) is 0 Å². The molecular formula is C30H29N3O6. The third-order valence-corrected chi connectivity index (χ3v) is 6.58. The molecule has 1 amide bonds. The van der Waals surface area contributed by atoms with Gasteiger partial charge in [-0.05, 0) is 60.7 Å². The Morgan fingerprint density at radius 1 is 1.00 bits per heavy atom. The number of carbonyl (C=O) groups excluding carboxylic acids is 2. The summed E-state index contributed by atoms with van der Waals surface area (Å²) >= 11 is 0. The molecule has 2 heterocycles. The average Bonchev–Trinajstić information content (AvgIpc) is 3.42. The van der Waals surface area contributed by atoms with Crippen molar-refractivity contribution in [2.45, 2.75) is 44.8 Å². The molecule has 0 aliphatic heterocycles. The highest BCUT2D eigenvalue weighted by molar-refractivity contribution is 5.90. The Kier molecular flexibility index (Phi) is 6.82. The van der Waals surface area contributed by atoms with Gasteiger partial charge in [-0.3, -0.25) is 9.55 Å². The van der Waals surface area contributed by atoms with Crippen LogP contribution in [-0.4, -0.2) is 51.1 Å². The lowest BCUT2D eigenvalue weighted by Crippen LogP contribution is -2.42. The minimum atomic E-state index is -1.31. The molecule has 0 saturated carbocycles. The van der Waals surface area contributed by atoms with Crippen LogP contribution in [0.3, 0.4) is 0 Å². The zero-order chi connectivity index (χ0) is 27.7. The quantitative estimate of drug-likeness (QED) is 0.347. The van der Waals surface area contributed by atoms with Crippen molar-refractivity contribution >= 4 is 29.2 Å². The van der Waals surface area contributed by atoms with E-state index in [9.17, 15) is 19.5 Å². The number of hydrogen-bond acceptors (Lipinski definition) is 6. The monoisotopic (exact) mass is 527 g/mol. The molecule has 1 aliphatic carbocycles. The van der Waals surface area contributed by atoms with E-state index in [4.69, 9.17) is 9.47 Å². The fourth-order valence-corrected chi connectivity index (χ4v) is 4.94. The Hall–Kier alpha value is -4.66. The van der Waals surface area contributed by atoms with Crippen molar-refractivity contribution in [2.24, 2.45) is 0 Å². The van der Waals surface area contributed by atoms with Crippen molar-refractivity contribution in [2.75, 3.05) is 6.61 Å². The second-order valence-corrected chi connectivity index (χ2v) is 10.4. The maximum atomic E-state index is 12.8. The summed E-state index contributed by atoms with van der Waals surface area (Å²) in [5, 5.41) is 12.3. The minimum Gasteiger partial charge on any atom is -0.480 e. The molecule has 0 fully saturated rings. The van der Waals surface area contributed by atoms with E-state index < -0.39 is 29.8 Å². The van der Waals surface area contributed by atoms with E-state index in [1.165, 1.54) is 10.8 Å². The maximum Gasteiger partial charge on any atom is 0.419 e. The first-order valence-corrected chi connectivity index (χ1v) is 12.6. The SMILES string of the molecule is CC(C)(C)OC(=O)n1cc(C[C@H](NC(=O)OCC2c3ccccc3-c3ccccc32)C(=O)O)c2ncccc21. The number of amides is 1. The molecule has 5 rings (SSSR count). The number of rotatable bonds is 6. The lowest BCUT2D eigenvalue weighted by Gasteiger charge is -2.19. The second-order valence-electron chi connectivity index (χ2n) is 10.4. The minimum absolute atomic E-state index is 0.0612. The summed E-state index contributed by atoms with van der Waals surface area (Å²) < 4.78 is 12.3. The Bertz CT molecular complexity index is 1520. The highest BCUT2D eigenvalue weighted by atomic mass is 16.6. The van der Waals surface area contributed by atoms with E-state index in [1.54, 1.807) is 39.1 Å². The van der Waals surface area contributed by atoms with E-state index in [0.29, 0.717) is 16.6 Å². The number of hydrogen-bond donors (Lipinski definition) is 2. The smallest absolute Gasteiger partial charge is 0.419 e. The number of carbonyl (C=O) groups is 3. The molecular weight excluding hydrogens is 498 g/mol. The lowest BCUT2D eigenvalue weighted by atomic mass is 9.98. The van der Waals surface area contributed by atoms with Gasteiger partial charge in [-0.15, -0.1) is 0 Å². The van der Waals surface area contributed by atoms with Crippen molar-refractivity contribution in [1.29, 1.82) is 0 Å². The van der Waals surface area contributed by atoms with E-state index in [-0.39, 0.29) is 18.9 Å². The van der Waals surface area contributed by atoms with Gasteiger partial charge < -0.3 is 19.9 Å². The van der Waals surface area contributed by atoms with E-state index >= 15 is 0 Å². The van der Waals surface area contributed by atoms with Crippen molar-refractivity contribution < 1.29 is 29.0 Å². The zero-order valence-corrected chi connectivity index (χ0v) is 21.9. The number of pyridine rings is 1. The van der Waals surface area contributed by atoms with Crippen LogP contribution in [0.5, 0.6) is 0 Å². The van der Waals surface area contributed by atoms with Crippen molar-refractivity contribution in [1.82, 2.24) is 14.9 Å². The maximum absolute atomic E-state index is 12.8. The van der Waals surface area contributed by atoms with Gasteiger partial charge in [-0.25, -0.2) is 14.4 Å². The van der Waals surface area contributed by atoms with Gasteiger partial charge >= 0.3 is 18.2 Å². The van der Waals surface area contributed by atoms with E-state index in [0.717, 1.165) is 22.3 Å². The first kappa shape index (κ1) is 26.0. The molecule has 2 aromatic carbocycles. The normalized spacial score (nSPS) is 13.4. The van der Waals surface area contributed by atoms with Crippen LogP contribution < -0.4 is 5.32 Å². The number of fused-ring (bicyclic) bond motifs is 4. The van der Waals surface area contributed by atoms with Crippen LogP contribution in [0.15, 0.2) is 73.1 Å². The van der Waals surface area contributed by atoms with Gasteiger partial charge in [0.05, 0.1) is 11.0 Å². The highest BCUT2D eigenvalue weighted by Crippen LogP contribution is 2.44. The number of alkyl carbamates (subject to hydrolysis) is 1. The van der Waals surface area contributed by atoms with Gasteiger partial charge in [0, 0.05) is 24.7 Å². The largest absolute Gasteiger partial charge is 0.480 e. The summed E-state index contributed by atoms with van der Waals surface area (Å²) in [7, 11) is 0. The fourth-order valence-electron chi connectivity index (χ4n) is 4.94. The van der Waals surface area contributed by atoms with Gasteiger partial charge in [-0.2, -0.15) is 0 Å². The van der Waals surface area contributed by atoms with Gasteiger partial charge in [0.1, 0.15) is 18.2 Å². The molecule has 0 saturated heterocycles. The number of ether oxygens (including phenoxy) is 2. The fraction of sp³-hybridized carbons (Fsp3) is 0.267. The zero-order valence-electron chi connectivity index (χ0n) is 21.9. The summed E-state index contributed by atoms with van der Waals surface area (Å²) in [6, 6.07) is 18.0. The Labute approximate surface area is 225 Å². The number of nitrogens with zero attached hydrogens (tertiary/aromatic N) is 2. The predicted molar refractivity (Wildman–Crippen MR) is 145 cm³/mol. The molecule has 9 heteroatoms. The molecule has 2 N–H and O–H groups in total. The van der Waals surface area contributed by atoms with Gasteiger partial charge in [0.25, 0.3) is 0 Å². The number of aliphatic carboxylic acids is 1. The van der Waals surface area contributed by atoms with Gasteiger partial charge in [0.2, 0.25) is 0 Å². The molecule has 0 bridgehead atoms. The Morgan fingerprint density at radius 3 is 2.26 bits per heavy atom. The molecule has 39 heavy (non-hydrogen) atoms. The summed E-state index contributed by atoms with van der Waals surface area (Å²) in [6.45, 7) is 5.34. The van der Waals surface area contributed by atoms with E-state index in [2.05, 4.69) is 10.3 Å². The number of nitrogens with one attached hydrogen (secondary N) is 1. The number of benzene rings is 2. The number of aromatic nitrogens is 2. The van der Waals surface area contributed by atoms with Gasteiger partial charge in [0.15, 0.2) is 0 Å². The van der Waals surface area contributed by atoms with Crippen LogP contribution >= 0.6 is 0 Å². The van der Waals surface area contributed by atoms with E-state index in [1.807, 2.05) is 48.5 Å². The van der Waals surface area contributed by atoms with Crippen LogP contribution in [0.4, 0.5) is 9.59 Å². The summed E-state index contributed by atoms with van der Waals surface area (Å²) in [4.78, 5) is 42.0. The van der Waals surface area contributed by atoms with Gasteiger partial charge in [-0.1, -0.05) is 48.5 Å². The molecule has 9 nitrogen and oxygen atoms in total. The topological polar surface area (TPSA) is 120 Å². The Balaban J connectivity index is 1.31. The third-order valence-electron chi connectivity index (χ3n) is 6.58. The Morgan fingerprint density at radius 2 is 1.64 bits per heavy atom. The number of carboxylic acids is 1. The third kappa shape index (κ3) is 5.34. The lowest BCUT2D eigenvalue weighted by molar-refractivity contribution is -0.139. The average molecular weight is 528 g/mol. The molecule has 200 valence electrons. The highest BCUT2D eigenvalue weighted by Gasteiger charge is 2.30. The summed E-state index contributed by atoms with van der Waals surface area (Å²) in [6.07, 6.45) is 1.50. The molecule has 1 aliphatic rings.